The molecule has 1 saturated heterocycles. The molecular weight excluding hydrogens is 226 g/mol. The van der Waals surface area contributed by atoms with Crippen LogP contribution in [-0.4, -0.2) is 30.7 Å². The number of amides is 2. The van der Waals surface area contributed by atoms with E-state index in [4.69, 9.17) is 0 Å². The third-order valence-electron chi connectivity index (χ3n) is 3.24. The first-order chi connectivity index (χ1) is 8.81. The Balaban J connectivity index is 1.97. The highest BCUT2D eigenvalue weighted by Crippen LogP contribution is 2.13. The Morgan fingerprint density at radius 1 is 1.22 bits per heavy atom. The van der Waals surface area contributed by atoms with Crippen molar-refractivity contribution in [3.8, 4) is 0 Å². The van der Waals surface area contributed by atoms with Gasteiger partial charge in [-0.25, -0.2) is 9.80 Å². The summed E-state index contributed by atoms with van der Waals surface area (Å²) in [5.41, 5.74) is 3.93. The van der Waals surface area contributed by atoms with Gasteiger partial charge < -0.3 is 0 Å². The van der Waals surface area contributed by atoms with Gasteiger partial charge in [-0.2, -0.15) is 0 Å². The van der Waals surface area contributed by atoms with Crippen molar-refractivity contribution in [3.05, 3.63) is 30.3 Å². The highest BCUT2D eigenvalue weighted by atomic mass is 16.2. The maximum atomic E-state index is 12.2. The molecule has 0 bridgehead atoms. The average Bonchev–Trinajstić information content (AvgIpc) is 2.42. The van der Waals surface area contributed by atoms with Gasteiger partial charge in [-0.3, -0.25) is 10.3 Å². The van der Waals surface area contributed by atoms with E-state index in [1.165, 1.54) is 6.42 Å². The molecule has 1 heterocycles. The summed E-state index contributed by atoms with van der Waals surface area (Å²) >= 11 is 0. The van der Waals surface area contributed by atoms with E-state index in [0.29, 0.717) is 6.54 Å². The standard InChI is InChI=1S/C14H21N3O/c1-2-17(13-9-5-3-6-10-13)14(18)15-16-11-7-4-8-12-16/h3,5-6,9-10H,2,4,7-8,11-12H2,1H3,(H,15,18). The highest BCUT2D eigenvalue weighted by Gasteiger charge is 2.17. The summed E-state index contributed by atoms with van der Waals surface area (Å²) in [6.45, 7) is 4.57. The number of nitrogens with zero attached hydrogens (tertiary/aromatic N) is 2. The molecule has 0 aromatic heterocycles. The van der Waals surface area contributed by atoms with E-state index < -0.39 is 0 Å². The van der Waals surface area contributed by atoms with Gasteiger partial charge in [0, 0.05) is 25.3 Å². The average molecular weight is 247 g/mol. The molecule has 2 rings (SSSR count). The van der Waals surface area contributed by atoms with Crippen LogP contribution < -0.4 is 10.3 Å². The summed E-state index contributed by atoms with van der Waals surface area (Å²) in [4.78, 5) is 14.0. The zero-order chi connectivity index (χ0) is 12.8. The van der Waals surface area contributed by atoms with Crippen LogP contribution in [0.15, 0.2) is 30.3 Å². The minimum atomic E-state index is -0.0365. The van der Waals surface area contributed by atoms with Crippen LogP contribution in [0.1, 0.15) is 26.2 Å². The fourth-order valence-corrected chi connectivity index (χ4v) is 2.25. The first kappa shape index (κ1) is 12.9. The monoisotopic (exact) mass is 247 g/mol. The number of hydrazine groups is 1. The molecule has 0 aliphatic carbocycles. The third kappa shape index (κ3) is 3.23. The smallest absolute Gasteiger partial charge is 0.294 e. The molecule has 0 atom stereocenters. The van der Waals surface area contributed by atoms with Gasteiger partial charge in [-0.15, -0.1) is 0 Å². The van der Waals surface area contributed by atoms with E-state index in [0.717, 1.165) is 31.6 Å². The molecule has 18 heavy (non-hydrogen) atoms. The van der Waals surface area contributed by atoms with Crippen LogP contribution in [0.25, 0.3) is 0 Å². The number of rotatable bonds is 3. The van der Waals surface area contributed by atoms with Crippen LogP contribution in [-0.2, 0) is 0 Å². The lowest BCUT2D eigenvalue weighted by Gasteiger charge is -2.30. The summed E-state index contributed by atoms with van der Waals surface area (Å²) in [6.07, 6.45) is 3.60. The molecular formula is C14H21N3O. The molecule has 1 aliphatic rings. The summed E-state index contributed by atoms with van der Waals surface area (Å²) in [6, 6.07) is 9.74. The minimum absolute atomic E-state index is 0.0365. The molecule has 0 unspecified atom stereocenters. The number of nitrogens with one attached hydrogen (secondary N) is 1. The minimum Gasteiger partial charge on any atom is -0.294 e. The van der Waals surface area contributed by atoms with Gasteiger partial charge in [0.1, 0.15) is 0 Å². The van der Waals surface area contributed by atoms with E-state index in [2.05, 4.69) is 5.43 Å². The normalized spacial score (nSPS) is 16.3. The predicted molar refractivity (Wildman–Crippen MR) is 73.4 cm³/mol. The summed E-state index contributed by atoms with van der Waals surface area (Å²) in [5, 5.41) is 2.03. The molecule has 2 amide bonds. The van der Waals surface area contributed by atoms with Gasteiger partial charge in [-0.05, 0) is 31.9 Å². The number of benzene rings is 1. The Morgan fingerprint density at radius 3 is 2.50 bits per heavy atom. The van der Waals surface area contributed by atoms with Crippen LogP contribution in [0.2, 0.25) is 0 Å². The van der Waals surface area contributed by atoms with Crippen LogP contribution >= 0.6 is 0 Å². The quantitative estimate of drug-likeness (QED) is 0.891. The van der Waals surface area contributed by atoms with Gasteiger partial charge >= 0.3 is 6.03 Å². The van der Waals surface area contributed by atoms with E-state index in [1.807, 2.05) is 42.3 Å². The lowest BCUT2D eigenvalue weighted by atomic mass is 10.2. The fourth-order valence-electron chi connectivity index (χ4n) is 2.25. The summed E-state index contributed by atoms with van der Waals surface area (Å²) in [5.74, 6) is 0. The van der Waals surface area contributed by atoms with Gasteiger partial charge in [0.05, 0.1) is 0 Å². The zero-order valence-electron chi connectivity index (χ0n) is 10.9. The Morgan fingerprint density at radius 2 is 1.89 bits per heavy atom. The second kappa shape index (κ2) is 6.40. The summed E-state index contributed by atoms with van der Waals surface area (Å²) in [7, 11) is 0. The second-order valence-electron chi connectivity index (χ2n) is 4.54. The van der Waals surface area contributed by atoms with Crippen LogP contribution in [0.5, 0.6) is 0 Å². The molecule has 0 spiro atoms. The van der Waals surface area contributed by atoms with Gasteiger partial charge in [0.25, 0.3) is 0 Å². The number of anilines is 1. The maximum absolute atomic E-state index is 12.2. The molecule has 1 aromatic rings. The zero-order valence-corrected chi connectivity index (χ0v) is 10.9. The van der Waals surface area contributed by atoms with E-state index >= 15 is 0 Å². The highest BCUT2D eigenvalue weighted by molar-refractivity contribution is 5.91. The maximum Gasteiger partial charge on any atom is 0.336 e. The van der Waals surface area contributed by atoms with Crippen molar-refractivity contribution in [2.24, 2.45) is 0 Å². The number of carbonyl (C=O) groups is 1. The van der Waals surface area contributed by atoms with Gasteiger partial charge in [0.15, 0.2) is 0 Å². The topological polar surface area (TPSA) is 35.6 Å². The first-order valence-corrected chi connectivity index (χ1v) is 6.69. The van der Waals surface area contributed by atoms with Crippen molar-refractivity contribution in [1.82, 2.24) is 10.4 Å². The number of urea groups is 1. The Bertz CT molecular complexity index is 374. The molecule has 1 fully saturated rings. The number of hydrogen-bond acceptors (Lipinski definition) is 2. The number of hydrogen-bond donors (Lipinski definition) is 1. The van der Waals surface area contributed by atoms with Crippen molar-refractivity contribution in [1.29, 1.82) is 0 Å². The number of carbonyl (C=O) groups excluding carboxylic acids is 1. The lowest BCUT2D eigenvalue weighted by molar-refractivity contribution is 0.158. The fraction of sp³-hybridized carbons (Fsp3) is 0.500. The van der Waals surface area contributed by atoms with Crippen LogP contribution in [0, 0.1) is 0 Å². The molecule has 98 valence electrons. The molecule has 4 heteroatoms. The largest absolute Gasteiger partial charge is 0.336 e. The van der Waals surface area contributed by atoms with E-state index in [-0.39, 0.29) is 6.03 Å². The molecule has 4 nitrogen and oxygen atoms in total. The SMILES string of the molecule is CCN(C(=O)NN1CCCCC1)c1ccccc1. The molecule has 1 N–H and O–H groups in total. The Kier molecular flexibility index (Phi) is 4.59. The van der Waals surface area contributed by atoms with Crippen molar-refractivity contribution in [2.45, 2.75) is 26.2 Å². The molecule has 1 aliphatic heterocycles. The molecule has 0 radical (unpaired) electrons. The second-order valence-corrected chi connectivity index (χ2v) is 4.54. The van der Waals surface area contributed by atoms with Gasteiger partial charge in [-0.1, -0.05) is 24.6 Å². The van der Waals surface area contributed by atoms with E-state index in [1.54, 1.807) is 4.90 Å². The van der Waals surface area contributed by atoms with Gasteiger partial charge in [0.2, 0.25) is 0 Å². The molecule has 1 aromatic carbocycles. The van der Waals surface area contributed by atoms with Crippen molar-refractivity contribution < 1.29 is 4.79 Å². The van der Waals surface area contributed by atoms with E-state index in [9.17, 15) is 4.79 Å². The van der Waals surface area contributed by atoms with Crippen LogP contribution in [0.4, 0.5) is 10.5 Å². The first-order valence-electron chi connectivity index (χ1n) is 6.69. The Labute approximate surface area is 109 Å². The molecule has 0 saturated carbocycles. The predicted octanol–water partition coefficient (Wildman–Crippen LogP) is 2.62. The number of para-hydroxylation sites is 1. The lowest BCUT2D eigenvalue weighted by Crippen LogP contribution is -2.50. The summed E-state index contributed by atoms with van der Waals surface area (Å²) < 4.78 is 0. The third-order valence-corrected chi connectivity index (χ3v) is 3.24. The number of piperidine rings is 1. The Hall–Kier alpha value is -1.55. The van der Waals surface area contributed by atoms with Crippen LogP contribution in [0.3, 0.4) is 0 Å². The van der Waals surface area contributed by atoms with Crippen molar-refractivity contribution >= 4 is 11.7 Å². The van der Waals surface area contributed by atoms with Crippen molar-refractivity contribution in [2.75, 3.05) is 24.5 Å². The van der Waals surface area contributed by atoms with Crippen molar-refractivity contribution in [3.63, 3.8) is 0 Å².